The van der Waals surface area contributed by atoms with Gasteiger partial charge in [0.25, 0.3) is 10.0 Å². The Morgan fingerprint density at radius 1 is 1.05 bits per heavy atom. The van der Waals surface area contributed by atoms with Crippen molar-refractivity contribution in [2.45, 2.75) is 50.8 Å². The molecular formula is C28H28F2N4O4S2. The number of esters is 1. The van der Waals surface area contributed by atoms with Gasteiger partial charge in [-0.05, 0) is 37.3 Å². The molecule has 210 valence electrons. The highest BCUT2D eigenvalue weighted by molar-refractivity contribution is 7.92. The molecule has 8 nitrogen and oxygen atoms in total. The molecule has 0 amide bonds. The molecule has 0 saturated carbocycles. The van der Waals surface area contributed by atoms with Crippen molar-refractivity contribution in [3.05, 3.63) is 77.2 Å². The number of halogens is 2. The Labute approximate surface area is 235 Å². The molecule has 0 radical (unpaired) electrons. The lowest BCUT2D eigenvalue weighted by atomic mass is 9.98. The molecule has 1 N–H and O–H groups in total. The fraction of sp³-hybridized carbons (Fsp3) is 0.286. The minimum Gasteiger partial charge on any atom is -0.466 e. The third-order valence-corrected chi connectivity index (χ3v) is 8.59. The minimum absolute atomic E-state index is 0.0437. The summed E-state index contributed by atoms with van der Waals surface area (Å²) in [5.74, 6) is -1.77. The fourth-order valence-electron chi connectivity index (χ4n) is 3.75. The molecular weight excluding hydrogens is 558 g/mol. The summed E-state index contributed by atoms with van der Waals surface area (Å²) in [6, 6.07) is 10.8. The number of rotatable bonds is 9. The monoisotopic (exact) mass is 586 g/mol. The average Bonchev–Trinajstić information content (AvgIpc) is 3.35. The summed E-state index contributed by atoms with van der Waals surface area (Å²) in [6.45, 7) is 7.92. The number of carbonyl (C=O) groups is 1. The van der Waals surface area contributed by atoms with E-state index in [1.165, 1.54) is 41.7 Å². The summed E-state index contributed by atoms with van der Waals surface area (Å²) in [5, 5.41) is 0.709. The summed E-state index contributed by atoms with van der Waals surface area (Å²) in [7, 11) is -4.41. The van der Waals surface area contributed by atoms with Crippen molar-refractivity contribution in [3.8, 4) is 21.8 Å². The van der Waals surface area contributed by atoms with Crippen LogP contribution in [-0.2, 0) is 31.4 Å². The van der Waals surface area contributed by atoms with E-state index in [9.17, 15) is 17.6 Å². The first-order chi connectivity index (χ1) is 18.9. The zero-order valence-electron chi connectivity index (χ0n) is 22.4. The highest BCUT2D eigenvalue weighted by Crippen LogP contribution is 2.42. The Morgan fingerprint density at radius 2 is 1.80 bits per heavy atom. The van der Waals surface area contributed by atoms with Crippen molar-refractivity contribution in [1.82, 2.24) is 15.0 Å². The Morgan fingerprint density at radius 3 is 2.50 bits per heavy atom. The van der Waals surface area contributed by atoms with E-state index in [2.05, 4.69) is 14.7 Å². The predicted octanol–water partition coefficient (Wildman–Crippen LogP) is 6.14. The molecule has 0 bridgehead atoms. The molecule has 40 heavy (non-hydrogen) atoms. The minimum atomic E-state index is -4.41. The van der Waals surface area contributed by atoms with Crippen LogP contribution in [-0.4, -0.2) is 35.9 Å². The molecule has 0 saturated heterocycles. The van der Waals surface area contributed by atoms with Crippen molar-refractivity contribution < 1.29 is 26.7 Å². The second kappa shape index (κ2) is 11.8. The van der Waals surface area contributed by atoms with Gasteiger partial charge < -0.3 is 4.74 Å². The molecule has 4 aromatic rings. The van der Waals surface area contributed by atoms with Gasteiger partial charge in [0, 0.05) is 23.6 Å². The number of ether oxygens (including phenoxy) is 1. The van der Waals surface area contributed by atoms with Crippen LogP contribution in [0.2, 0.25) is 0 Å². The number of hydrogen-bond acceptors (Lipinski definition) is 8. The van der Waals surface area contributed by atoms with Gasteiger partial charge >= 0.3 is 5.97 Å². The molecule has 2 aromatic carbocycles. The molecule has 0 aliphatic carbocycles. The fourth-order valence-corrected chi connectivity index (χ4v) is 5.99. The lowest BCUT2D eigenvalue weighted by Gasteiger charge is -2.14. The van der Waals surface area contributed by atoms with Crippen molar-refractivity contribution in [3.63, 3.8) is 0 Å². The smallest absolute Gasteiger partial charge is 0.306 e. The second-order valence-corrected chi connectivity index (χ2v) is 12.5. The first-order valence-corrected chi connectivity index (χ1v) is 14.8. The normalized spacial score (nSPS) is 11.8. The maximum absolute atomic E-state index is 15.9. The van der Waals surface area contributed by atoms with Gasteiger partial charge in [-0.25, -0.2) is 32.2 Å². The first-order valence-electron chi connectivity index (χ1n) is 12.5. The molecule has 4 rings (SSSR count). The van der Waals surface area contributed by atoms with Crippen molar-refractivity contribution in [2.24, 2.45) is 0 Å². The predicted molar refractivity (Wildman–Crippen MR) is 149 cm³/mol. The van der Waals surface area contributed by atoms with Crippen LogP contribution < -0.4 is 4.72 Å². The van der Waals surface area contributed by atoms with Crippen LogP contribution in [0.5, 0.6) is 0 Å². The SMILES string of the molecule is CCOC(=O)CCc1nccc(-c2sc(C(C)(C)C)nc2-c2cccc(NS(=O)(=O)c3ccccc3F)c2F)n1. The molecule has 0 atom stereocenters. The lowest BCUT2D eigenvalue weighted by Crippen LogP contribution is -2.15. The van der Waals surface area contributed by atoms with Crippen molar-refractivity contribution in [1.29, 1.82) is 0 Å². The average molecular weight is 587 g/mol. The van der Waals surface area contributed by atoms with E-state index >= 15 is 4.39 Å². The number of anilines is 1. The summed E-state index contributed by atoms with van der Waals surface area (Å²) < 4.78 is 63.0. The standard InChI is InChI=1S/C28H28F2N4O4S2/c1-5-38-23(35)14-13-22-31-16-15-20(32-22)26-25(33-27(39-26)28(2,3)4)17-9-8-11-19(24(17)30)34-40(36,37)21-12-7-6-10-18(21)29/h6-12,15-16,34H,5,13-14H2,1-4H3. The van der Waals surface area contributed by atoms with Gasteiger partial charge in [-0.1, -0.05) is 39.0 Å². The third kappa shape index (κ3) is 6.50. The van der Waals surface area contributed by atoms with Crippen LogP contribution in [0.3, 0.4) is 0 Å². The maximum atomic E-state index is 15.9. The van der Waals surface area contributed by atoms with Crippen LogP contribution in [0, 0.1) is 11.6 Å². The van der Waals surface area contributed by atoms with Crippen molar-refractivity contribution in [2.75, 3.05) is 11.3 Å². The molecule has 2 heterocycles. The number of hydrogen-bond donors (Lipinski definition) is 1. The molecule has 0 aliphatic heterocycles. The van der Waals surface area contributed by atoms with E-state index in [4.69, 9.17) is 9.72 Å². The number of aryl methyl sites for hydroxylation is 1. The molecule has 0 spiro atoms. The van der Waals surface area contributed by atoms with E-state index in [-0.39, 0.29) is 47.8 Å². The topological polar surface area (TPSA) is 111 Å². The molecule has 0 aliphatic rings. The molecule has 0 fully saturated rings. The highest BCUT2D eigenvalue weighted by Gasteiger charge is 2.27. The zero-order chi connectivity index (χ0) is 29.1. The second-order valence-electron chi connectivity index (χ2n) is 9.81. The van der Waals surface area contributed by atoms with E-state index in [1.807, 2.05) is 20.8 Å². The molecule has 12 heteroatoms. The number of sulfonamides is 1. The number of carbonyl (C=O) groups excluding carboxylic acids is 1. The van der Waals surface area contributed by atoms with E-state index in [1.54, 1.807) is 19.2 Å². The van der Waals surface area contributed by atoms with Crippen LogP contribution >= 0.6 is 11.3 Å². The maximum Gasteiger partial charge on any atom is 0.306 e. The van der Waals surface area contributed by atoms with E-state index in [0.717, 1.165) is 12.1 Å². The number of benzene rings is 2. The Bertz CT molecular complexity index is 1650. The quantitative estimate of drug-likeness (QED) is 0.235. The van der Waals surface area contributed by atoms with Crippen LogP contribution in [0.25, 0.3) is 21.8 Å². The third-order valence-electron chi connectivity index (χ3n) is 5.69. The summed E-state index contributed by atoms with van der Waals surface area (Å²) in [5.41, 5.74) is 0.0674. The highest BCUT2D eigenvalue weighted by atomic mass is 32.2. The number of nitrogens with zero attached hydrogens (tertiary/aromatic N) is 3. The first kappa shape index (κ1) is 29.2. The van der Waals surface area contributed by atoms with Gasteiger partial charge in [0.1, 0.15) is 16.5 Å². The Kier molecular flexibility index (Phi) is 8.59. The van der Waals surface area contributed by atoms with Crippen LogP contribution in [0.15, 0.2) is 59.6 Å². The summed E-state index contributed by atoms with van der Waals surface area (Å²) >= 11 is 1.33. The van der Waals surface area contributed by atoms with Gasteiger partial charge in [0.05, 0.1) is 40.0 Å². The number of thiazole rings is 1. The largest absolute Gasteiger partial charge is 0.466 e. The van der Waals surface area contributed by atoms with Gasteiger partial charge in [-0.2, -0.15) is 0 Å². The van der Waals surface area contributed by atoms with E-state index < -0.39 is 26.6 Å². The number of aromatic nitrogens is 3. The van der Waals surface area contributed by atoms with Gasteiger partial charge in [0.2, 0.25) is 0 Å². The molecule has 2 aromatic heterocycles. The summed E-state index contributed by atoms with van der Waals surface area (Å²) in [4.78, 5) is 25.3. The van der Waals surface area contributed by atoms with Gasteiger partial charge in [0.15, 0.2) is 5.82 Å². The Hall–Kier alpha value is -3.77. The van der Waals surface area contributed by atoms with Crippen LogP contribution in [0.4, 0.5) is 14.5 Å². The summed E-state index contributed by atoms with van der Waals surface area (Å²) in [6.07, 6.45) is 1.92. The number of nitrogens with one attached hydrogen (secondary N) is 1. The Balaban J connectivity index is 1.76. The van der Waals surface area contributed by atoms with Gasteiger partial charge in [-0.3, -0.25) is 9.52 Å². The van der Waals surface area contributed by atoms with E-state index in [0.29, 0.717) is 21.4 Å². The molecule has 0 unspecified atom stereocenters. The van der Waals surface area contributed by atoms with Crippen LogP contribution in [0.1, 0.15) is 44.9 Å². The van der Waals surface area contributed by atoms with Crippen molar-refractivity contribution >= 4 is 33.0 Å². The lowest BCUT2D eigenvalue weighted by molar-refractivity contribution is -0.143. The zero-order valence-corrected chi connectivity index (χ0v) is 24.0. The van der Waals surface area contributed by atoms with Gasteiger partial charge in [-0.15, -0.1) is 11.3 Å².